The van der Waals surface area contributed by atoms with Crippen molar-refractivity contribution >= 4 is 5.91 Å². The highest BCUT2D eigenvalue weighted by Gasteiger charge is 2.13. The number of carbonyl (C=O) groups excluding carboxylic acids is 1. The van der Waals surface area contributed by atoms with Crippen LogP contribution in [0.5, 0.6) is 11.5 Å². The monoisotopic (exact) mass is 317 g/mol. The van der Waals surface area contributed by atoms with Gasteiger partial charge < -0.3 is 14.8 Å². The fraction of sp³-hybridized carbons (Fsp3) is 0.412. The van der Waals surface area contributed by atoms with Crippen LogP contribution in [0.3, 0.4) is 0 Å². The fourth-order valence-corrected chi connectivity index (χ4v) is 2.31. The van der Waals surface area contributed by atoms with Crippen LogP contribution in [0.15, 0.2) is 36.7 Å². The number of benzene rings is 1. The first-order chi connectivity index (χ1) is 11.1. The quantitative estimate of drug-likeness (QED) is 0.807. The van der Waals surface area contributed by atoms with E-state index in [1.807, 2.05) is 37.4 Å². The van der Waals surface area contributed by atoms with Gasteiger partial charge in [0.1, 0.15) is 0 Å². The molecule has 0 bridgehead atoms. The maximum Gasteiger partial charge on any atom is 0.224 e. The topological polar surface area (TPSA) is 65.4 Å². The van der Waals surface area contributed by atoms with E-state index in [1.165, 1.54) is 0 Å². The Bertz CT molecular complexity index is 626. The van der Waals surface area contributed by atoms with Gasteiger partial charge in [0, 0.05) is 18.9 Å². The molecule has 0 saturated carbocycles. The number of aromatic nitrogens is 2. The van der Waals surface area contributed by atoms with Crippen molar-refractivity contribution in [1.82, 2.24) is 15.1 Å². The van der Waals surface area contributed by atoms with Crippen molar-refractivity contribution in [2.75, 3.05) is 20.8 Å². The highest BCUT2D eigenvalue weighted by Crippen LogP contribution is 2.27. The van der Waals surface area contributed by atoms with Crippen LogP contribution in [0.4, 0.5) is 0 Å². The summed E-state index contributed by atoms with van der Waals surface area (Å²) in [6.45, 7) is 3.06. The number of nitrogens with one attached hydrogen (secondary N) is 1. The summed E-state index contributed by atoms with van der Waals surface area (Å²) in [6, 6.07) is 7.62. The number of carbonyl (C=O) groups is 1. The zero-order valence-electron chi connectivity index (χ0n) is 13.8. The number of amides is 1. The predicted octanol–water partition coefficient (Wildman–Crippen LogP) is 1.90. The predicted molar refractivity (Wildman–Crippen MR) is 87.7 cm³/mol. The Balaban J connectivity index is 1.81. The lowest BCUT2D eigenvalue weighted by Gasteiger charge is -2.13. The van der Waals surface area contributed by atoms with Crippen LogP contribution in [0, 0.1) is 5.92 Å². The van der Waals surface area contributed by atoms with Crippen molar-refractivity contribution in [1.29, 1.82) is 0 Å². The van der Waals surface area contributed by atoms with Crippen LogP contribution < -0.4 is 14.8 Å². The molecule has 0 spiro atoms. The van der Waals surface area contributed by atoms with Gasteiger partial charge in [-0.25, -0.2) is 0 Å². The number of hydrogen-bond donors (Lipinski definition) is 1. The molecule has 1 aromatic carbocycles. The first-order valence-electron chi connectivity index (χ1n) is 7.60. The van der Waals surface area contributed by atoms with E-state index >= 15 is 0 Å². The van der Waals surface area contributed by atoms with E-state index in [1.54, 1.807) is 25.1 Å². The Labute approximate surface area is 136 Å². The molecule has 2 aromatic rings. The molecule has 0 aliphatic rings. The van der Waals surface area contributed by atoms with E-state index in [2.05, 4.69) is 10.4 Å². The Hall–Kier alpha value is -2.50. The molecule has 1 amide bonds. The van der Waals surface area contributed by atoms with Crippen molar-refractivity contribution in [3.63, 3.8) is 0 Å². The van der Waals surface area contributed by atoms with Crippen LogP contribution in [-0.4, -0.2) is 36.5 Å². The zero-order valence-corrected chi connectivity index (χ0v) is 13.8. The summed E-state index contributed by atoms with van der Waals surface area (Å²) in [5.74, 6) is 1.30. The molecule has 0 saturated heterocycles. The molecule has 1 heterocycles. The molecule has 1 atom stereocenters. The van der Waals surface area contributed by atoms with E-state index < -0.39 is 0 Å². The third-order valence-corrected chi connectivity index (χ3v) is 3.63. The van der Waals surface area contributed by atoms with Crippen molar-refractivity contribution in [2.24, 2.45) is 5.92 Å². The van der Waals surface area contributed by atoms with Gasteiger partial charge in [-0.05, 0) is 30.2 Å². The summed E-state index contributed by atoms with van der Waals surface area (Å²) < 4.78 is 12.3. The molecule has 0 aliphatic carbocycles. The van der Waals surface area contributed by atoms with E-state index in [0.29, 0.717) is 24.6 Å². The molecule has 1 unspecified atom stereocenters. The average Bonchev–Trinajstić information content (AvgIpc) is 3.07. The van der Waals surface area contributed by atoms with Crippen molar-refractivity contribution in [2.45, 2.75) is 19.9 Å². The largest absolute Gasteiger partial charge is 0.493 e. The Morgan fingerprint density at radius 3 is 2.74 bits per heavy atom. The molecule has 6 heteroatoms. The van der Waals surface area contributed by atoms with Gasteiger partial charge in [0.2, 0.25) is 5.91 Å². The maximum absolute atomic E-state index is 12.1. The van der Waals surface area contributed by atoms with Gasteiger partial charge in [-0.15, -0.1) is 0 Å². The van der Waals surface area contributed by atoms with Gasteiger partial charge in [-0.2, -0.15) is 5.10 Å². The third kappa shape index (κ3) is 4.74. The van der Waals surface area contributed by atoms with Gasteiger partial charge in [-0.1, -0.05) is 13.0 Å². The Morgan fingerprint density at radius 2 is 2.09 bits per heavy atom. The van der Waals surface area contributed by atoms with Gasteiger partial charge in [0.25, 0.3) is 0 Å². The molecule has 124 valence electrons. The Morgan fingerprint density at radius 1 is 1.30 bits per heavy atom. The molecule has 2 rings (SSSR count). The zero-order chi connectivity index (χ0) is 16.7. The Kier molecular flexibility index (Phi) is 6.02. The van der Waals surface area contributed by atoms with Crippen molar-refractivity contribution in [3.8, 4) is 11.5 Å². The highest BCUT2D eigenvalue weighted by atomic mass is 16.5. The summed E-state index contributed by atoms with van der Waals surface area (Å²) in [5, 5.41) is 7.07. The molecule has 1 N–H and O–H groups in total. The lowest BCUT2D eigenvalue weighted by atomic mass is 10.1. The SMILES string of the molecule is COc1ccc(CCNC(=O)C(C)Cn2cccn2)cc1OC. The minimum Gasteiger partial charge on any atom is -0.493 e. The van der Waals surface area contributed by atoms with Crippen LogP contribution in [0.2, 0.25) is 0 Å². The molecule has 0 fully saturated rings. The second kappa shape index (κ2) is 8.22. The van der Waals surface area contributed by atoms with E-state index in [4.69, 9.17) is 9.47 Å². The van der Waals surface area contributed by atoms with Gasteiger partial charge in [0.05, 0.1) is 26.7 Å². The standard InChI is InChI=1S/C17H23N3O3/c1-13(12-20-10-4-8-19-20)17(21)18-9-7-14-5-6-15(22-2)16(11-14)23-3/h4-6,8,10-11,13H,7,9,12H2,1-3H3,(H,18,21). The summed E-state index contributed by atoms with van der Waals surface area (Å²) in [6.07, 6.45) is 4.30. The van der Waals surface area contributed by atoms with Crippen molar-refractivity contribution < 1.29 is 14.3 Å². The highest BCUT2D eigenvalue weighted by molar-refractivity contribution is 5.78. The molecule has 0 radical (unpaired) electrons. The van der Waals surface area contributed by atoms with E-state index in [-0.39, 0.29) is 11.8 Å². The summed E-state index contributed by atoms with van der Waals surface area (Å²) in [5.41, 5.74) is 1.09. The first-order valence-corrected chi connectivity index (χ1v) is 7.60. The smallest absolute Gasteiger partial charge is 0.224 e. The number of nitrogens with zero attached hydrogens (tertiary/aromatic N) is 2. The number of methoxy groups -OCH3 is 2. The summed E-state index contributed by atoms with van der Waals surface area (Å²) in [4.78, 5) is 12.1. The number of rotatable bonds is 8. The second-order valence-corrected chi connectivity index (χ2v) is 5.36. The van der Waals surface area contributed by atoms with Crippen LogP contribution in [0.25, 0.3) is 0 Å². The molecule has 6 nitrogen and oxygen atoms in total. The van der Waals surface area contributed by atoms with Crippen LogP contribution in [-0.2, 0) is 17.8 Å². The number of hydrogen-bond acceptors (Lipinski definition) is 4. The lowest BCUT2D eigenvalue weighted by molar-refractivity contribution is -0.124. The minimum absolute atomic E-state index is 0.0287. The molecular weight excluding hydrogens is 294 g/mol. The van der Waals surface area contributed by atoms with E-state index in [9.17, 15) is 4.79 Å². The van der Waals surface area contributed by atoms with Gasteiger partial charge in [0.15, 0.2) is 11.5 Å². The molecule has 1 aromatic heterocycles. The molecule has 0 aliphatic heterocycles. The molecule has 23 heavy (non-hydrogen) atoms. The van der Waals surface area contributed by atoms with Gasteiger partial charge >= 0.3 is 0 Å². The third-order valence-electron chi connectivity index (χ3n) is 3.63. The second-order valence-electron chi connectivity index (χ2n) is 5.36. The summed E-state index contributed by atoms with van der Waals surface area (Å²) in [7, 11) is 3.22. The average molecular weight is 317 g/mol. The lowest BCUT2D eigenvalue weighted by Crippen LogP contribution is -2.33. The van der Waals surface area contributed by atoms with Gasteiger partial charge in [-0.3, -0.25) is 9.48 Å². The maximum atomic E-state index is 12.1. The number of ether oxygens (including phenoxy) is 2. The van der Waals surface area contributed by atoms with Crippen LogP contribution in [0.1, 0.15) is 12.5 Å². The normalized spacial score (nSPS) is 11.8. The first kappa shape index (κ1) is 16.9. The van der Waals surface area contributed by atoms with Crippen molar-refractivity contribution in [3.05, 3.63) is 42.2 Å². The molecular formula is C17H23N3O3. The summed E-state index contributed by atoms with van der Waals surface area (Å²) >= 11 is 0. The van der Waals surface area contributed by atoms with Crippen LogP contribution >= 0.6 is 0 Å². The fourth-order valence-electron chi connectivity index (χ4n) is 2.31. The van der Waals surface area contributed by atoms with E-state index in [0.717, 1.165) is 12.0 Å². The minimum atomic E-state index is -0.125.